The molecule has 0 unspecified atom stereocenters. The summed E-state index contributed by atoms with van der Waals surface area (Å²) in [5.41, 5.74) is 6.42. The van der Waals surface area contributed by atoms with E-state index in [1.165, 1.54) is 0 Å². The highest BCUT2D eigenvalue weighted by Crippen LogP contribution is 2.24. The number of piperidine rings is 1. The molecule has 1 aliphatic heterocycles. The standard InChI is InChI=1S/C15H20FN3O2/c1-9-13(16)7-11(15(17)21)8-14(9)18-12-3-5-19(6-4-12)10(2)20/h7-8,12,18H,3-6H2,1-2H3,(H2,17,21). The Labute approximate surface area is 123 Å². The third-order valence-corrected chi connectivity index (χ3v) is 3.93. The number of benzene rings is 1. The summed E-state index contributed by atoms with van der Waals surface area (Å²) in [6, 6.07) is 2.89. The van der Waals surface area contributed by atoms with E-state index in [1.807, 2.05) is 0 Å². The van der Waals surface area contributed by atoms with Gasteiger partial charge in [-0.3, -0.25) is 9.59 Å². The molecule has 1 aromatic carbocycles. The van der Waals surface area contributed by atoms with Crippen LogP contribution in [0.1, 0.15) is 35.7 Å². The van der Waals surface area contributed by atoms with Crippen LogP contribution in [0.4, 0.5) is 10.1 Å². The smallest absolute Gasteiger partial charge is 0.248 e. The summed E-state index contributed by atoms with van der Waals surface area (Å²) in [5, 5.41) is 3.26. The number of halogens is 1. The van der Waals surface area contributed by atoms with Gasteiger partial charge in [-0.05, 0) is 31.9 Å². The van der Waals surface area contributed by atoms with E-state index in [-0.39, 0.29) is 17.5 Å². The fraction of sp³-hybridized carbons (Fsp3) is 0.467. The van der Waals surface area contributed by atoms with Crippen molar-refractivity contribution in [3.63, 3.8) is 0 Å². The molecule has 3 N–H and O–H groups in total. The van der Waals surface area contributed by atoms with Crippen molar-refractivity contribution < 1.29 is 14.0 Å². The van der Waals surface area contributed by atoms with Gasteiger partial charge in [0.15, 0.2) is 0 Å². The molecule has 0 aliphatic carbocycles. The van der Waals surface area contributed by atoms with E-state index in [0.717, 1.165) is 18.9 Å². The Morgan fingerprint density at radius 3 is 2.48 bits per heavy atom. The molecule has 0 spiro atoms. The molecule has 0 radical (unpaired) electrons. The molecule has 2 amide bonds. The summed E-state index contributed by atoms with van der Waals surface area (Å²) >= 11 is 0. The largest absolute Gasteiger partial charge is 0.382 e. The maximum Gasteiger partial charge on any atom is 0.248 e. The number of nitrogens with zero attached hydrogens (tertiary/aromatic N) is 1. The Kier molecular flexibility index (Phi) is 4.45. The summed E-state index contributed by atoms with van der Waals surface area (Å²) in [7, 11) is 0. The second-order valence-electron chi connectivity index (χ2n) is 5.42. The Morgan fingerprint density at radius 2 is 1.95 bits per heavy atom. The van der Waals surface area contributed by atoms with Gasteiger partial charge in [-0.15, -0.1) is 0 Å². The van der Waals surface area contributed by atoms with Crippen LogP contribution in [-0.4, -0.2) is 35.8 Å². The molecule has 6 heteroatoms. The number of hydrogen-bond donors (Lipinski definition) is 2. The molecule has 114 valence electrons. The van der Waals surface area contributed by atoms with Gasteiger partial charge in [-0.2, -0.15) is 0 Å². The molecule has 21 heavy (non-hydrogen) atoms. The number of amides is 2. The van der Waals surface area contributed by atoms with Gasteiger partial charge >= 0.3 is 0 Å². The molecule has 5 nitrogen and oxygen atoms in total. The molecule has 0 bridgehead atoms. The maximum atomic E-state index is 13.8. The first kappa shape index (κ1) is 15.3. The lowest BCUT2D eigenvalue weighted by Gasteiger charge is -2.32. The first-order valence-corrected chi connectivity index (χ1v) is 7.00. The summed E-state index contributed by atoms with van der Waals surface area (Å²) in [4.78, 5) is 24.3. The van der Waals surface area contributed by atoms with Crippen LogP contribution in [0.2, 0.25) is 0 Å². The van der Waals surface area contributed by atoms with Crippen LogP contribution >= 0.6 is 0 Å². The average molecular weight is 293 g/mol. The lowest BCUT2D eigenvalue weighted by molar-refractivity contribution is -0.129. The highest BCUT2D eigenvalue weighted by Gasteiger charge is 2.21. The molecule has 0 saturated carbocycles. The zero-order valence-corrected chi connectivity index (χ0v) is 12.3. The van der Waals surface area contributed by atoms with Gasteiger partial charge in [0.1, 0.15) is 5.82 Å². The minimum Gasteiger partial charge on any atom is -0.382 e. The average Bonchev–Trinajstić information content (AvgIpc) is 2.44. The molecule has 0 aromatic heterocycles. The Balaban J connectivity index is 2.10. The van der Waals surface area contributed by atoms with Crippen LogP contribution in [0.5, 0.6) is 0 Å². The van der Waals surface area contributed by atoms with E-state index < -0.39 is 11.7 Å². The Bertz CT molecular complexity index is 566. The molecule has 1 aliphatic rings. The topological polar surface area (TPSA) is 75.4 Å². The number of anilines is 1. The van der Waals surface area contributed by atoms with Gasteiger partial charge in [-0.1, -0.05) is 0 Å². The predicted molar refractivity (Wildman–Crippen MR) is 78.6 cm³/mol. The summed E-state index contributed by atoms with van der Waals surface area (Å²) < 4.78 is 13.8. The summed E-state index contributed by atoms with van der Waals surface area (Å²) in [6.45, 7) is 4.59. The second kappa shape index (κ2) is 6.11. The van der Waals surface area contributed by atoms with Gasteiger partial charge in [0, 0.05) is 42.9 Å². The van der Waals surface area contributed by atoms with Crippen LogP contribution in [0.25, 0.3) is 0 Å². The van der Waals surface area contributed by atoms with Crippen molar-refractivity contribution in [2.75, 3.05) is 18.4 Å². The van der Waals surface area contributed by atoms with Gasteiger partial charge in [0.2, 0.25) is 11.8 Å². The van der Waals surface area contributed by atoms with Crippen molar-refractivity contribution in [2.45, 2.75) is 32.7 Å². The van der Waals surface area contributed by atoms with E-state index in [2.05, 4.69) is 5.32 Å². The molecule has 1 aromatic rings. The quantitative estimate of drug-likeness (QED) is 0.890. The van der Waals surface area contributed by atoms with Crippen molar-refractivity contribution >= 4 is 17.5 Å². The lowest BCUT2D eigenvalue weighted by Crippen LogP contribution is -2.41. The van der Waals surface area contributed by atoms with Crippen molar-refractivity contribution in [1.82, 2.24) is 4.90 Å². The summed E-state index contributed by atoms with van der Waals surface area (Å²) in [6.07, 6.45) is 1.59. The van der Waals surface area contributed by atoms with Gasteiger partial charge in [-0.25, -0.2) is 4.39 Å². The Morgan fingerprint density at radius 1 is 1.33 bits per heavy atom. The zero-order valence-electron chi connectivity index (χ0n) is 12.3. The zero-order chi connectivity index (χ0) is 15.6. The van der Waals surface area contributed by atoms with E-state index in [4.69, 9.17) is 5.73 Å². The maximum absolute atomic E-state index is 13.8. The minimum atomic E-state index is -0.650. The lowest BCUT2D eigenvalue weighted by atomic mass is 10.0. The molecule has 1 fully saturated rings. The van der Waals surface area contributed by atoms with Crippen molar-refractivity contribution in [2.24, 2.45) is 5.73 Å². The van der Waals surface area contributed by atoms with Crippen molar-refractivity contribution in [3.8, 4) is 0 Å². The van der Waals surface area contributed by atoms with Gasteiger partial charge in [0.25, 0.3) is 0 Å². The number of nitrogens with two attached hydrogens (primary N) is 1. The molecular formula is C15H20FN3O2. The molecule has 2 rings (SSSR count). The number of rotatable bonds is 3. The first-order valence-electron chi connectivity index (χ1n) is 7.00. The van der Waals surface area contributed by atoms with Crippen LogP contribution in [-0.2, 0) is 4.79 Å². The molecule has 0 atom stereocenters. The Hall–Kier alpha value is -2.11. The van der Waals surface area contributed by atoms with Crippen LogP contribution < -0.4 is 11.1 Å². The fourth-order valence-electron chi connectivity index (χ4n) is 2.53. The number of hydrogen-bond acceptors (Lipinski definition) is 3. The highest BCUT2D eigenvalue weighted by atomic mass is 19.1. The monoisotopic (exact) mass is 293 g/mol. The van der Waals surface area contributed by atoms with Crippen LogP contribution in [0.15, 0.2) is 12.1 Å². The molecule has 1 saturated heterocycles. The molecular weight excluding hydrogens is 273 g/mol. The highest BCUT2D eigenvalue weighted by molar-refractivity contribution is 5.94. The normalized spacial score (nSPS) is 15.9. The van der Waals surface area contributed by atoms with E-state index in [1.54, 1.807) is 24.8 Å². The second-order valence-corrected chi connectivity index (χ2v) is 5.42. The van der Waals surface area contributed by atoms with Crippen LogP contribution in [0, 0.1) is 12.7 Å². The number of nitrogens with one attached hydrogen (secondary N) is 1. The SMILES string of the molecule is CC(=O)N1CCC(Nc2cc(C(N)=O)cc(F)c2C)CC1. The number of carbonyl (C=O) groups is 2. The van der Waals surface area contributed by atoms with E-state index in [9.17, 15) is 14.0 Å². The van der Waals surface area contributed by atoms with Crippen LogP contribution in [0.3, 0.4) is 0 Å². The van der Waals surface area contributed by atoms with Crippen molar-refractivity contribution in [1.29, 1.82) is 0 Å². The number of likely N-dealkylation sites (tertiary alicyclic amines) is 1. The summed E-state index contributed by atoms with van der Waals surface area (Å²) in [5.74, 6) is -1.02. The third kappa shape index (κ3) is 3.51. The number of carbonyl (C=O) groups excluding carboxylic acids is 2. The minimum absolute atomic E-state index is 0.0754. The van der Waals surface area contributed by atoms with E-state index >= 15 is 0 Å². The fourth-order valence-corrected chi connectivity index (χ4v) is 2.53. The van der Waals surface area contributed by atoms with Gasteiger partial charge in [0.05, 0.1) is 0 Å². The van der Waals surface area contributed by atoms with Crippen molar-refractivity contribution in [3.05, 3.63) is 29.1 Å². The molecule has 1 heterocycles. The number of primary amides is 1. The predicted octanol–water partition coefficient (Wildman–Crippen LogP) is 1.66. The van der Waals surface area contributed by atoms with Gasteiger partial charge < -0.3 is 16.0 Å². The first-order chi connectivity index (χ1) is 9.88. The third-order valence-electron chi connectivity index (χ3n) is 3.93. The van der Waals surface area contributed by atoms with E-state index in [0.29, 0.717) is 24.3 Å².